The van der Waals surface area contributed by atoms with Crippen molar-refractivity contribution in [3.8, 4) is 0 Å². The Balaban J connectivity index is 1.48. The molecule has 4 rings (SSSR count). The maximum absolute atomic E-state index is 10.2. The Morgan fingerprint density at radius 1 is 1.00 bits per heavy atom. The van der Waals surface area contributed by atoms with Gasteiger partial charge in [-0.15, -0.1) is 0 Å². The van der Waals surface area contributed by atoms with Crippen LogP contribution >= 0.6 is 0 Å². The molecule has 1 nitrogen and oxygen atoms in total. The second-order valence-corrected chi connectivity index (χ2v) is 12.1. The van der Waals surface area contributed by atoms with Gasteiger partial charge in [-0.05, 0) is 105 Å². The predicted molar refractivity (Wildman–Crippen MR) is 119 cm³/mol. The van der Waals surface area contributed by atoms with Crippen molar-refractivity contribution >= 4 is 0 Å². The number of allylic oxidation sites excluding steroid dienone is 2. The van der Waals surface area contributed by atoms with Gasteiger partial charge in [-0.3, -0.25) is 0 Å². The molecule has 0 unspecified atom stereocenters. The highest BCUT2D eigenvalue weighted by Gasteiger charge is 2.54. The van der Waals surface area contributed by atoms with Gasteiger partial charge in [-0.2, -0.15) is 0 Å². The van der Waals surface area contributed by atoms with Crippen molar-refractivity contribution in [1.29, 1.82) is 0 Å². The highest BCUT2D eigenvalue weighted by Crippen LogP contribution is 2.65. The Morgan fingerprint density at radius 2 is 1.79 bits per heavy atom. The maximum Gasteiger partial charge on any atom is 0.0543 e. The molecule has 0 aromatic heterocycles. The summed E-state index contributed by atoms with van der Waals surface area (Å²) in [5.74, 6) is 4.30. The first-order chi connectivity index (χ1) is 13.3. The van der Waals surface area contributed by atoms with Crippen LogP contribution in [0.4, 0.5) is 0 Å². The molecule has 0 amide bonds. The van der Waals surface area contributed by atoms with Gasteiger partial charge in [-0.1, -0.05) is 58.6 Å². The van der Waals surface area contributed by atoms with E-state index in [-0.39, 0.29) is 6.10 Å². The number of fused-ring (bicyclic) bond motifs is 4. The van der Waals surface area contributed by atoms with E-state index in [1.807, 2.05) is 11.1 Å². The molecule has 4 aliphatic carbocycles. The lowest BCUT2D eigenvalue weighted by Gasteiger charge is -2.54. The number of rotatable bonds is 5. The largest absolute Gasteiger partial charge is 0.393 e. The van der Waals surface area contributed by atoms with E-state index in [4.69, 9.17) is 0 Å². The molecule has 0 saturated heterocycles. The van der Waals surface area contributed by atoms with E-state index < -0.39 is 0 Å². The minimum absolute atomic E-state index is 0.0295. The van der Waals surface area contributed by atoms with Crippen LogP contribution in [-0.2, 0) is 0 Å². The zero-order valence-corrected chi connectivity index (χ0v) is 19.4. The number of hydrogen-bond donors (Lipinski definition) is 1. The summed E-state index contributed by atoms with van der Waals surface area (Å²) in [6.07, 6.45) is 16.1. The summed E-state index contributed by atoms with van der Waals surface area (Å²) in [4.78, 5) is 0. The minimum Gasteiger partial charge on any atom is -0.393 e. The van der Waals surface area contributed by atoms with Crippen LogP contribution in [0, 0.1) is 40.4 Å². The van der Waals surface area contributed by atoms with Crippen molar-refractivity contribution in [2.75, 3.05) is 0 Å². The summed E-state index contributed by atoms with van der Waals surface area (Å²) in [6.45, 7) is 12.5. The van der Waals surface area contributed by atoms with Crippen molar-refractivity contribution in [2.45, 2.75) is 118 Å². The molecule has 2 saturated carbocycles. The molecule has 0 aromatic carbocycles. The Kier molecular flexibility index (Phi) is 5.80. The SMILES string of the molecule is CC(C)[C@@H](C)CCC[C@H]1CC[C@H]2C3=C(CC[C@]12C)[C@@]1(C)CC[C@H](O)C[C@@H]1CC3. The van der Waals surface area contributed by atoms with Gasteiger partial charge in [0.2, 0.25) is 0 Å². The third-order valence-electron chi connectivity index (χ3n) is 10.5. The van der Waals surface area contributed by atoms with Crippen LogP contribution < -0.4 is 0 Å². The molecule has 4 aliphatic rings. The zero-order valence-electron chi connectivity index (χ0n) is 19.4. The maximum atomic E-state index is 10.2. The van der Waals surface area contributed by atoms with Gasteiger partial charge < -0.3 is 5.11 Å². The van der Waals surface area contributed by atoms with Gasteiger partial charge >= 0.3 is 0 Å². The molecule has 0 heterocycles. The first-order valence-corrected chi connectivity index (χ1v) is 12.7. The van der Waals surface area contributed by atoms with E-state index in [1.165, 1.54) is 64.2 Å². The molecule has 160 valence electrons. The lowest BCUT2D eigenvalue weighted by atomic mass is 9.51. The Morgan fingerprint density at radius 3 is 2.54 bits per heavy atom. The van der Waals surface area contributed by atoms with E-state index in [0.717, 1.165) is 42.4 Å². The summed E-state index contributed by atoms with van der Waals surface area (Å²) in [5, 5.41) is 10.2. The topological polar surface area (TPSA) is 20.2 Å². The van der Waals surface area contributed by atoms with Crippen LogP contribution in [0.5, 0.6) is 0 Å². The third kappa shape index (κ3) is 3.42. The highest BCUT2D eigenvalue weighted by molar-refractivity contribution is 5.34. The fourth-order valence-electron chi connectivity index (χ4n) is 8.04. The molecule has 1 heteroatoms. The van der Waals surface area contributed by atoms with Gasteiger partial charge in [0.15, 0.2) is 0 Å². The summed E-state index contributed by atoms with van der Waals surface area (Å²) >= 11 is 0. The van der Waals surface area contributed by atoms with Crippen LogP contribution in [0.1, 0.15) is 112 Å². The van der Waals surface area contributed by atoms with Crippen molar-refractivity contribution in [2.24, 2.45) is 40.4 Å². The molecular formula is C27H46O. The number of aliphatic hydroxyl groups is 1. The molecule has 7 atom stereocenters. The van der Waals surface area contributed by atoms with Crippen molar-refractivity contribution in [3.05, 3.63) is 11.1 Å². The average molecular weight is 387 g/mol. The first-order valence-electron chi connectivity index (χ1n) is 12.7. The second kappa shape index (κ2) is 7.75. The third-order valence-corrected chi connectivity index (χ3v) is 10.5. The van der Waals surface area contributed by atoms with Gasteiger partial charge in [0.1, 0.15) is 0 Å². The van der Waals surface area contributed by atoms with E-state index in [0.29, 0.717) is 10.8 Å². The monoisotopic (exact) mass is 386 g/mol. The lowest BCUT2D eigenvalue weighted by Crippen LogP contribution is -2.45. The molecule has 0 radical (unpaired) electrons. The van der Waals surface area contributed by atoms with Crippen molar-refractivity contribution < 1.29 is 5.11 Å². The zero-order chi connectivity index (χ0) is 20.1. The molecule has 28 heavy (non-hydrogen) atoms. The van der Waals surface area contributed by atoms with Gasteiger partial charge in [-0.25, -0.2) is 0 Å². The standard InChI is InChI=1S/C27H46O/c1-18(2)19(3)7-6-8-20-10-12-24-23-11-9-21-17-22(28)13-15-27(21,5)25(23)14-16-26(20,24)4/h18-22,24,28H,6-17H2,1-5H3/t19-,20-,21-,22-,24-,26+,27-/m0/s1. The molecule has 0 aromatic rings. The van der Waals surface area contributed by atoms with E-state index in [1.54, 1.807) is 0 Å². The molecular weight excluding hydrogens is 340 g/mol. The Bertz CT molecular complexity index is 603. The normalized spacial score (nSPS) is 44.2. The molecule has 0 aliphatic heterocycles. The smallest absolute Gasteiger partial charge is 0.0543 e. The molecule has 0 bridgehead atoms. The summed E-state index contributed by atoms with van der Waals surface area (Å²) in [6, 6.07) is 0. The molecule has 0 spiro atoms. The van der Waals surface area contributed by atoms with Crippen LogP contribution in [0.2, 0.25) is 0 Å². The van der Waals surface area contributed by atoms with Crippen molar-refractivity contribution in [3.63, 3.8) is 0 Å². The van der Waals surface area contributed by atoms with Gasteiger partial charge in [0.25, 0.3) is 0 Å². The van der Waals surface area contributed by atoms with E-state index in [9.17, 15) is 5.11 Å². The fourth-order valence-corrected chi connectivity index (χ4v) is 8.04. The first kappa shape index (κ1) is 21.0. The Hall–Kier alpha value is -0.300. The quantitative estimate of drug-likeness (QED) is 0.484. The second-order valence-electron chi connectivity index (χ2n) is 12.1. The van der Waals surface area contributed by atoms with Crippen molar-refractivity contribution in [1.82, 2.24) is 0 Å². The molecule has 2 fully saturated rings. The van der Waals surface area contributed by atoms with E-state index in [2.05, 4.69) is 34.6 Å². The average Bonchev–Trinajstić information content (AvgIpc) is 2.99. The molecule has 1 N–H and O–H groups in total. The van der Waals surface area contributed by atoms with Crippen LogP contribution in [0.25, 0.3) is 0 Å². The van der Waals surface area contributed by atoms with Gasteiger partial charge in [0, 0.05) is 0 Å². The number of aliphatic hydroxyl groups excluding tert-OH is 1. The summed E-state index contributed by atoms with van der Waals surface area (Å²) < 4.78 is 0. The highest BCUT2D eigenvalue weighted by atomic mass is 16.3. The number of hydrogen-bond acceptors (Lipinski definition) is 1. The summed E-state index contributed by atoms with van der Waals surface area (Å²) in [7, 11) is 0. The Labute approximate surface area is 174 Å². The van der Waals surface area contributed by atoms with E-state index >= 15 is 0 Å². The lowest BCUT2D eigenvalue weighted by molar-refractivity contribution is 0.0154. The minimum atomic E-state index is -0.0295. The van der Waals surface area contributed by atoms with Crippen LogP contribution in [-0.4, -0.2) is 11.2 Å². The predicted octanol–water partition coefficient (Wildman–Crippen LogP) is 7.53. The van der Waals surface area contributed by atoms with Crippen LogP contribution in [0.3, 0.4) is 0 Å². The fraction of sp³-hybridized carbons (Fsp3) is 0.926. The van der Waals surface area contributed by atoms with Crippen LogP contribution in [0.15, 0.2) is 11.1 Å². The summed E-state index contributed by atoms with van der Waals surface area (Å²) in [5.41, 5.74) is 4.80. The van der Waals surface area contributed by atoms with Gasteiger partial charge in [0.05, 0.1) is 6.10 Å².